The van der Waals surface area contributed by atoms with Crippen LogP contribution in [0.2, 0.25) is 0 Å². The molecule has 5 nitrogen and oxygen atoms in total. The molecule has 1 aliphatic carbocycles. The van der Waals surface area contributed by atoms with Crippen molar-refractivity contribution >= 4 is 27.5 Å². The Morgan fingerprint density at radius 2 is 1.20 bits per heavy atom. The van der Waals surface area contributed by atoms with Crippen molar-refractivity contribution in [3.05, 3.63) is 51.0 Å². The maximum atomic E-state index is 12.4. The van der Waals surface area contributed by atoms with E-state index in [0.717, 1.165) is 0 Å². The number of halogens is 1. The average molecular weight is 335 g/mol. The molecule has 100 valence electrons. The van der Waals surface area contributed by atoms with Gasteiger partial charge in [0, 0.05) is 11.1 Å². The van der Waals surface area contributed by atoms with Gasteiger partial charge in [0.1, 0.15) is 10.2 Å². The molecule has 0 aliphatic heterocycles. The van der Waals surface area contributed by atoms with Gasteiger partial charge in [0.25, 0.3) is 0 Å². The van der Waals surface area contributed by atoms with Crippen molar-refractivity contribution in [1.82, 2.24) is 0 Å². The molecule has 2 aromatic rings. The summed E-state index contributed by atoms with van der Waals surface area (Å²) < 4.78 is -0.228. The highest BCUT2D eigenvalue weighted by molar-refractivity contribution is 9.10. The molecule has 2 aromatic carbocycles. The van der Waals surface area contributed by atoms with Crippen LogP contribution in [0.1, 0.15) is 31.8 Å². The van der Waals surface area contributed by atoms with Crippen molar-refractivity contribution in [3.63, 3.8) is 0 Å². The highest BCUT2D eigenvalue weighted by Crippen LogP contribution is 2.48. The smallest absolute Gasteiger partial charge is 0.198 e. The van der Waals surface area contributed by atoms with E-state index in [2.05, 4.69) is 15.9 Å². The van der Waals surface area contributed by atoms with E-state index in [1.165, 1.54) is 12.1 Å². The van der Waals surface area contributed by atoms with E-state index in [-0.39, 0.29) is 26.7 Å². The molecule has 0 fully saturated rings. The van der Waals surface area contributed by atoms with Crippen LogP contribution in [0.3, 0.4) is 0 Å². The predicted octanol–water partition coefficient (Wildman–Crippen LogP) is 2.34. The zero-order chi connectivity index (χ0) is 14.6. The third-order valence-corrected chi connectivity index (χ3v) is 3.99. The van der Waals surface area contributed by atoms with Gasteiger partial charge < -0.3 is 15.3 Å². The van der Waals surface area contributed by atoms with E-state index in [1.807, 2.05) is 0 Å². The third-order valence-electron chi connectivity index (χ3n) is 3.23. The molecule has 0 saturated heterocycles. The lowest BCUT2D eigenvalue weighted by Crippen LogP contribution is -2.21. The minimum absolute atomic E-state index is 0.126. The maximum Gasteiger partial charge on any atom is 0.198 e. The number of fused-ring (bicyclic) bond motifs is 2. The van der Waals surface area contributed by atoms with Gasteiger partial charge in [-0.3, -0.25) is 9.59 Å². The van der Waals surface area contributed by atoms with E-state index >= 15 is 0 Å². The fourth-order valence-corrected chi connectivity index (χ4v) is 2.66. The number of benzene rings is 2. The standard InChI is InChI=1S/C14H7BrO5/c15-9-12(18)7-8(13(19)14(9)20)11(17)6-4-2-1-3-5(6)10(7)16/h1-4,18-20H. The summed E-state index contributed by atoms with van der Waals surface area (Å²) in [5.74, 6) is -3.17. The van der Waals surface area contributed by atoms with Crippen molar-refractivity contribution in [3.8, 4) is 17.2 Å². The van der Waals surface area contributed by atoms with Crippen LogP contribution >= 0.6 is 15.9 Å². The minimum Gasteiger partial charge on any atom is -0.506 e. The number of ketones is 2. The third kappa shape index (κ3) is 1.42. The number of rotatable bonds is 0. The number of phenols is 3. The molecule has 6 heteroatoms. The summed E-state index contributed by atoms with van der Waals surface area (Å²) in [4.78, 5) is 24.7. The van der Waals surface area contributed by atoms with Crippen LogP contribution in [0.4, 0.5) is 0 Å². The fraction of sp³-hybridized carbons (Fsp3) is 0. The van der Waals surface area contributed by atoms with Crippen molar-refractivity contribution in [2.75, 3.05) is 0 Å². The first-order valence-corrected chi connectivity index (χ1v) is 6.39. The van der Waals surface area contributed by atoms with Crippen LogP contribution in [0, 0.1) is 0 Å². The number of hydrogen-bond donors (Lipinski definition) is 3. The number of hydrogen-bond acceptors (Lipinski definition) is 5. The fourth-order valence-electron chi connectivity index (χ4n) is 2.27. The molecule has 0 unspecified atom stereocenters. The van der Waals surface area contributed by atoms with Crippen LogP contribution < -0.4 is 0 Å². The quantitative estimate of drug-likeness (QED) is 0.433. The van der Waals surface area contributed by atoms with Crippen LogP contribution in [0.25, 0.3) is 0 Å². The van der Waals surface area contributed by atoms with E-state index in [4.69, 9.17) is 0 Å². The summed E-state index contributed by atoms with van der Waals surface area (Å²) in [6, 6.07) is 6.11. The van der Waals surface area contributed by atoms with Gasteiger partial charge >= 0.3 is 0 Å². The zero-order valence-corrected chi connectivity index (χ0v) is 11.4. The Balaban J connectivity index is 2.46. The Bertz CT molecular complexity index is 729. The van der Waals surface area contributed by atoms with Gasteiger partial charge in [-0.1, -0.05) is 24.3 Å². The average Bonchev–Trinajstić information content (AvgIpc) is 2.46. The van der Waals surface area contributed by atoms with E-state index in [1.54, 1.807) is 12.1 Å². The number of phenolic OH excluding ortho intramolecular Hbond substituents is 3. The molecule has 0 atom stereocenters. The lowest BCUT2D eigenvalue weighted by Gasteiger charge is -2.20. The number of carbonyl (C=O) groups excluding carboxylic acids is 2. The molecule has 0 heterocycles. The first-order chi connectivity index (χ1) is 9.45. The summed E-state index contributed by atoms with van der Waals surface area (Å²) in [6.45, 7) is 0. The molecule has 0 saturated carbocycles. The largest absolute Gasteiger partial charge is 0.506 e. The second-order valence-corrected chi connectivity index (χ2v) is 5.11. The first kappa shape index (κ1) is 12.7. The molecular weight excluding hydrogens is 328 g/mol. The topological polar surface area (TPSA) is 94.8 Å². The van der Waals surface area contributed by atoms with Crippen LogP contribution in [0.15, 0.2) is 28.7 Å². The van der Waals surface area contributed by atoms with Gasteiger partial charge in [-0.15, -0.1) is 0 Å². The van der Waals surface area contributed by atoms with E-state index in [9.17, 15) is 24.9 Å². The molecule has 3 rings (SSSR count). The highest BCUT2D eigenvalue weighted by Gasteiger charge is 2.37. The highest BCUT2D eigenvalue weighted by atomic mass is 79.9. The van der Waals surface area contributed by atoms with Crippen LogP contribution in [0.5, 0.6) is 17.2 Å². The van der Waals surface area contributed by atoms with Gasteiger partial charge in [-0.05, 0) is 15.9 Å². The van der Waals surface area contributed by atoms with Crippen molar-refractivity contribution in [2.24, 2.45) is 0 Å². The minimum atomic E-state index is -0.725. The first-order valence-electron chi connectivity index (χ1n) is 5.60. The Kier molecular flexibility index (Phi) is 2.58. The Labute approximate surface area is 121 Å². The second kappa shape index (κ2) is 4.08. The van der Waals surface area contributed by atoms with Crippen molar-refractivity contribution < 1.29 is 24.9 Å². The zero-order valence-electron chi connectivity index (χ0n) is 9.85. The molecule has 20 heavy (non-hydrogen) atoms. The predicted molar refractivity (Wildman–Crippen MR) is 72.4 cm³/mol. The van der Waals surface area contributed by atoms with Crippen LogP contribution in [-0.4, -0.2) is 26.9 Å². The Morgan fingerprint density at radius 3 is 1.70 bits per heavy atom. The SMILES string of the molecule is O=C1c2ccccc2C(=O)c2c(O)c(Br)c(O)c(O)c21. The number of carbonyl (C=O) groups is 2. The summed E-state index contributed by atoms with van der Waals surface area (Å²) in [5, 5.41) is 29.5. The Hall–Kier alpha value is -2.34. The molecule has 3 N–H and O–H groups in total. The van der Waals surface area contributed by atoms with Gasteiger partial charge in [-0.25, -0.2) is 0 Å². The van der Waals surface area contributed by atoms with E-state index < -0.39 is 28.8 Å². The van der Waals surface area contributed by atoms with Crippen LogP contribution in [-0.2, 0) is 0 Å². The van der Waals surface area contributed by atoms with Crippen molar-refractivity contribution in [2.45, 2.75) is 0 Å². The molecule has 0 aromatic heterocycles. The van der Waals surface area contributed by atoms with Gasteiger partial charge in [0.15, 0.2) is 23.1 Å². The summed E-state index contributed by atoms with van der Waals surface area (Å²) in [7, 11) is 0. The summed E-state index contributed by atoms with van der Waals surface area (Å²) >= 11 is 2.87. The molecule has 0 amide bonds. The summed E-state index contributed by atoms with van der Waals surface area (Å²) in [5.41, 5.74) is -0.415. The second-order valence-electron chi connectivity index (χ2n) is 4.31. The molecule has 0 radical (unpaired) electrons. The van der Waals surface area contributed by atoms with Crippen molar-refractivity contribution in [1.29, 1.82) is 0 Å². The lowest BCUT2D eigenvalue weighted by atomic mass is 9.83. The molecule has 0 spiro atoms. The van der Waals surface area contributed by atoms with E-state index in [0.29, 0.717) is 0 Å². The van der Waals surface area contributed by atoms with Gasteiger partial charge in [0.2, 0.25) is 0 Å². The Morgan fingerprint density at radius 1 is 0.750 bits per heavy atom. The normalized spacial score (nSPS) is 13.1. The van der Waals surface area contributed by atoms with Gasteiger partial charge in [0.05, 0.1) is 11.1 Å². The summed E-state index contributed by atoms with van der Waals surface area (Å²) in [6.07, 6.45) is 0. The van der Waals surface area contributed by atoms with Gasteiger partial charge in [-0.2, -0.15) is 0 Å². The lowest BCUT2D eigenvalue weighted by molar-refractivity contribution is 0.0973. The maximum absolute atomic E-state index is 12.4. The molecular formula is C14H7BrO5. The molecule has 0 bridgehead atoms. The number of aromatic hydroxyl groups is 3. The monoisotopic (exact) mass is 334 g/mol. The molecule has 1 aliphatic rings.